The number of anilines is 3. The highest BCUT2D eigenvalue weighted by Crippen LogP contribution is 2.35. The van der Waals surface area contributed by atoms with Gasteiger partial charge in [0.2, 0.25) is 5.95 Å². The minimum Gasteiger partial charge on any atom is -0.340 e. The fraction of sp³-hybridized carbons (Fsp3) is 0.632. The maximum absolute atomic E-state index is 4.78. The summed E-state index contributed by atoms with van der Waals surface area (Å²) >= 11 is 1.59. The van der Waals surface area contributed by atoms with E-state index in [9.17, 15) is 0 Å². The standard InChI is InChI=1S/C19H27N5S/c1-14-12-17(23-19-20-9-11-25-19)22-18(21-14)24-10-5-8-16(13-24)15-6-3-2-4-7-15/h9,11-12,15-16H,2-8,10,13H2,1H3,(H,20,21,22,23)/t16-/m1/s1. The number of aromatic nitrogens is 3. The predicted octanol–water partition coefficient (Wildman–Crippen LogP) is 4.78. The molecule has 1 N–H and O–H groups in total. The second-order valence-corrected chi connectivity index (χ2v) is 8.30. The second kappa shape index (κ2) is 7.68. The van der Waals surface area contributed by atoms with Gasteiger partial charge in [-0.05, 0) is 31.6 Å². The fourth-order valence-electron chi connectivity index (χ4n) is 4.34. The highest BCUT2D eigenvalue weighted by atomic mass is 32.1. The first-order chi connectivity index (χ1) is 12.3. The van der Waals surface area contributed by atoms with E-state index < -0.39 is 0 Å². The van der Waals surface area contributed by atoms with Crippen molar-refractivity contribution >= 4 is 28.2 Å². The van der Waals surface area contributed by atoms with Crippen LogP contribution in [0.4, 0.5) is 16.9 Å². The maximum Gasteiger partial charge on any atom is 0.227 e. The summed E-state index contributed by atoms with van der Waals surface area (Å²) in [5.41, 5.74) is 1.00. The lowest BCUT2D eigenvalue weighted by atomic mass is 9.76. The number of hydrogen-bond donors (Lipinski definition) is 1. The zero-order valence-electron chi connectivity index (χ0n) is 14.9. The lowest BCUT2D eigenvalue weighted by molar-refractivity contribution is 0.220. The van der Waals surface area contributed by atoms with E-state index in [2.05, 4.69) is 15.2 Å². The van der Waals surface area contributed by atoms with E-state index in [1.54, 1.807) is 17.5 Å². The molecule has 6 heteroatoms. The third-order valence-corrected chi connectivity index (χ3v) is 6.26. The largest absolute Gasteiger partial charge is 0.340 e. The monoisotopic (exact) mass is 357 g/mol. The Morgan fingerprint density at radius 2 is 1.92 bits per heavy atom. The first-order valence-corrected chi connectivity index (χ1v) is 10.4. The van der Waals surface area contributed by atoms with Gasteiger partial charge in [0.1, 0.15) is 5.82 Å². The van der Waals surface area contributed by atoms with Gasteiger partial charge < -0.3 is 10.2 Å². The van der Waals surface area contributed by atoms with Gasteiger partial charge in [-0.3, -0.25) is 0 Å². The highest BCUT2D eigenvalue weighted by molar-refractivity contribution is 7.13. The van der Waals surface area contributed by atoms with Crippen molar-refractivity contribution in [1.82, 2.24) is 15.0 Å². The van der Waals surface area contributed by atoms with Crippen molar-refractivity contribution in [2.75, 3.05) is 23.3 Å². The van der Waals surface area contributed by atoms with Crippen LogP contribution < -0.4 is 10.2 Å². The molecule has 1 saturated carbocycles. The van der Waals surface area contributed by atoms with Gasteiger partial charge in [-0.2, -0.15) is 4.98 Å². The van der Waals surface area contributed by atoms with Gasteiger partial charge in [0.25, 0.3) is 0 Å². The summed E-state index contributed by atoms with van der Waals surface area (Å²) in [6, 6.07) is 1.99. The van der Waals surface area contributed by atoms with Crippen LogP contribution in [0, 0.1) is 18.8 Å². The van der Waals surface area contributed by atoms with E-state index in [1.165, 1.54) is 44.9 Å². The number of thiazole rings is 1. The minimum atomic E-state index is 0.813. The Bertz CT molecular complexity index is 681. The molecule has 1 saturated heterocycles. The van der Waals surface area contributed by atoms with E-state index in [4.69, 9.17) is 9.97 Å². The van der Waals surface area contributed by atoms with E-state index in [0.29, 0.717) is 0 Å². The summed E-state index contributed by atoms with van der Waals surface area (Å²) < 4.78 is 0. The maximum atomic E-state index is 4.78. The summed E-state index contributed by atoms with van der Waals surface area (Å²) in [5, 5.41) is 6.15. The first kappa shape index (κ1) is 16.8. The van der Waals surface area contributed by atoms with Crippen molar-refractivity contribution in [1.29, 1.82) is 0 Å². The Hall–Kier alpha value is -1.69. The molecule has 5 nitrogen and oxygen atoms in total. The normalized spacial score (nSPS) is 22.1. The Labute approximate surface area is 153 Å². The number of nitrogens with one attached hydrogen (secondary N) is 1. The topological polar surface area (TPSA) is 53.9 Å². The molecule has 134 valence electrons. The molecule has 1 aliphatic carbocycles. The molecular formula is C19H27N5S. The van der Waals surface area contributed by atoms with Crippen molar-refractivity contribution in [3.63, 3.8) is 0 Å². The number of nitrogens with zero attached hydrogens (tertiary/aromatic N) is 4. The summed E-state index contributed by atoms with van der Waals surface area (Å²) in [5.74, 6) is 3.44. The number of piperidine rings is 1. The average molecular weight is 358 g/mol. The van der Waals surface area contributed by atoms with Gasteiger partial charge in [-0.25, -0.2) is 9.97 Å². The van der Waals surface area contributed by atoms with E-state index in [1.807, 2.05) is 18.4 Å². The molecule has 0 radical (unpaired) electrons. The van der Waals surface area contributed by atoms with Crippen molar-refractivity contribution in [3.8, 4) is 0 Å². The molecule has 1 aliphatic heterocycles. The van der Waals surface area contributed by atoms with Crippen molar-refractivity contribution in [3.05, 3.63) is 23.3 Å². The average Bonchev–Trinajstić information content (AvgIpc) is 3.15. The third kappa shape index (κ3) is 4.11. The smallest absolute Gasteiger partial charge is 0.227 e. The summed E-state index contributed by atoms with van der Waals surface area (Å²) in [6.07, 6.45) is 11.5. The highest BCUT2D eigenvalue weighted by Gasteiger charge is 2.29. The van der Waals surface area contributed by atoms with Crippen LogP contribution in [0.1, 0.15) is 50.6 Å². The minimum absolute atomic E-state index is 0.813. The zero-order chi connectivity index (χ0) is 17.1. The predicted molar refractivity (Wildman–Crippen MR) is 104 cm³/mol. The Morgan fingerprint density at radius 3 is 2.72 bits per heavy atom. The van der Waals surface area contributed by atoms with Crippen molar-refractivity contribution in [2.24, 2.45) is 11.8 Å². The van der Waals surface area contributed by atoms with Crippen LogP contribution in [-0.4, -0.2) is 28.0 Å². The molecule has 0 spiro atoms. The molecule has 2 aliphatic rings. The lowest BCUT2D eigenvalue weighted by Gasteiger charge is -2.38. The molecular weight excluding hydrogens is 330 g/mol. The third-order valence-electron chi connectivity index (χ3n) is 5.57. The molecule has 0 amide bonds. The molecule has 25 heavy (non-hydrogen) atoms. The van der Waals surface area contributed by atoms with E-state index >= 15 is 0 Å². The number of aryl methyl sites for hydroxylation is 1. The summed E-state index contributed by atoms with van der Waals surface area (Å²) in [4.78, 5) is 16.2. The van der Waals surface area contributed by atoms with Crippen molar-refractivity contribution < 1.29 is 0 Å². The second-order valence-electron chi connectivity index (χ2n) is 7.40. The Balaban J connectivity index is 1.49. The van der Waals surface area contributed by atoms with Gasteiger partial charge in [0.15, 0.2) is 5.13 Å². The van der Waals surface area contributed by atoms with Crippen molar-refractivity contribution in [2.45, 2.75) is 51.9 Å². The van der Waals surface area contributed by atoms with Crippen LogP contribution in [0.25, 0.3) is 0 Å². The van der Waals surface area contributed by atoms with Crippen LogP contribution in [0.15, 0.2) is 17.6 Å². The van der Waals surface area contributed by atoms with Gasteiger partial charge in [0.05, 0.1) is 0 Å². The van der Waals surface area contributed by atoms with Gasteiger partial charge in [0, 0.05) is 36.4 Å². The molecule has 2 aromatic heterocycles. The van der Waals surface area contributed by atoms with E-state index in [-0.39, 0.29) is 0 Å². The number of hydrogen-bond acceptors (Lipinski definition) is 6. The van der Waals surface area contributed by atoms with Gasteiger partial charge in [-0.1, -0.05) is 32.1 Å². The molecule has 2 fully saturated rings. The SMILES string of the molecule is Cc1cc(Nc2nccs2)nc(N2CCC[C@@H](C3CCCCC3)C2)n1. The molecule has 3 heterocycles. The van der Waals surface area contributed by atoms with Gasteiger partial charge in [-0.15, -0.1) is 11.3 Å². The Kier molecular flexibility index (Phi) is 5.15. The molecule has 2 aromatic rings. The van der Waals surface area contributed by atoms with Crippen LogP contribution >= 0.6 is 11.3 Å². The molecule has 0 unspecified atom stereocenters. The van der Waals surface area contributed by atoms with Gasteiger partial charge >= 0.3 is 0 Å². The summed E-state index contributed by atoms with van der Waals surface area (Å²) in [7, 11) is 0. The molecule has 0 aromatic carbocycles. The lowest BCUT2D eigenvalue weighted by Crippen LogP contribution is -2.40. The Morgan fingerprint density at radius 1 is 1.08 bits per heavy atom. The quantitative estimate of drug-likeness (QED) is 0.853. The summed E-state index contributed by atoms with van der Waals surface area (Å²) in [6.45, 7) is 4.23. The van der Waals surface area contributed by atoms with E-state index in [0.717, 1.165) is 47.5 Å². The molecule has 4 rings (SSSR count). The zero-order valence-corrected chi connectivity index (χ0v) is 15.8. The first-order valence-electron chi connectivity index (χ1n) is 9.55. The van der Waals surface area contributed by atoms with Crippen LogP contribution in [0.2, 0.25) is 0 Å². The van der Waals surface area contributed by atoms with Crippen LogP contribution in [0.5, 0.6) is 0 Å². The molecule has 0 bridgehead atoms. The number of rotatable bonds is 4. The fourth-order valence-corrected chi connectivity index (χ4v) is 4.87. The van der Waals surface area contributed by atoms with Crippen LogP contribution in [-0.2, 0) is 0 Å². The molecule has 1 atom stereocenters. The van der Waals surface area contributed by atoms with Crippen LogP contribution in [0.3, 0.4) is 0 Å².